The number of aryl methyl sites for hydroxylation is 1. The van der Waals surface area contributed by atoms with Crippen molar-refractivity contribution in [2.24, 2.45) is 23.6 Å². The van der Waals surface area contributed by atoms with Gasteiger partial charge in [-0.1, -0.05) is 0 Å². The Hall–Kier alpha value is -1.63. The Bertz CT molecular complexity index is 302. The normalized spacial score (nSPS) is 14.2. The fourth-order valence-electron chi connectivity index (χ4n) is 0.974. The van der Waals surface area contributed by atoms with Crippen molar-refractivity contribution >= 4 is 5.96 Å². The summed E-state index contributed by atoms with van der Waals surface area (Å²) in [6.45, 7) is 1.86. The van der Waals surface area contributed by atoms with Gasteiger partial charge >= 0.3 is 0 Å². The average Bonchev–Trinajstić information content (AvgIpc) is 2.51. The highest BCUT2D eigenvalue weighted by molar-refractivity contribution is 5.77. The summed E-state index contributed by atoms with van der Waals surface area (Å²) in [6.07, 6.45) is 1.60. The molecule has 0 amide bonds. The van der Waals surface area contributed by atoms with Crippen LogP contribution in [0.25, 0.3) is 0 Å². The molecule has 7 heteroatoms. The quantitative estimate of drug-likeness (QED) is 0.227. The number of rotatable bonds is 2. The number of nitrogens with two attached hydrogens (primary N) is 2. The molecule has 1 heterocycles. The smallest absolute Gasteiger partial charge is 0.203 e. The van der Waals surface area contributed by atoms with Crippen LogP contribution in [-0.2, 0) is 7.05 Å². The molecule has 5 N–H and O–H groups in total. The third-order valence-electron chi connectivity index (χ3n) is 1.60. The van der Waals surface area contributed by atoms with Crippen molar-refractivity contribution < 1.29 is 0 Å². The summed E-state index contributed by atoms with van der Waals surface area (Å²) in [5, 5.41) is 7.61. The molecule has 13 heavy (non-hydrogen) atoms. The Kier molecular flexibility index (Phi) is 2.80. The van der Waals surface area contributed by atoms with Crippen LogP contribution in [-0.4, -0.2) is 20.7 Å². The fourth-order valence-corrected chi connectivity index (χ4v) is 0.974. The lowest BCUT2D eigenvalue weighted by Crippen LogP contribution is -2.37. The van der Waals surface area contributed by atoms with Gasteiger partial charge in [-0.2, -0.15) is 0 Å². The first-order valence-corrected chi connectivity index (χ1v) is 3.79. The zero-order chi connectivity index (χ0) is 9.84. The first kappa shape index (κ1) is 9.46. The van der Waals surface area contributed by atoms with Crippen LogP contribution >= 0.6 is 0 Å². The number of nitrogens with zero attached hydrogens (tertiary/aromatic N) is 4. The SMILES string of the molecule is CC(N=C(N)NN)c1nncn1C. The molecule has 1 unspecified atom stereocenters. The fraction of sp³-hybridized carbons (Fsp3) is 0.500. The predicted molar refractivity (Wildman–Crippen MR) is 48.4 cm³/mol. The van der Waals surface area contributed by atoms with Crippen LogP contribution in [0.2, 0.25) is 0 Å². The molecule has 0 aliphatic heterocycles. The molecule has 0 aliphatic rings. The lowest BCUT2D eigenvalue weighted by Gasteiger charge is -2.06. The Labute approximate surface area is 75.8 Å². The van der Waals surface area contributed by atoms with Crippen LogP contribution in [0.1, 0.15) is 18.8 Å². The van der Waals surface area contributed by atoms with Crippen molar-refractivity contribution in [1.29, 1.82) is 0 Å². The number of hydrazine groups is 1. The molecule has 0 aromatic carbocycles. The lowest BCUT2D eigenvalue weighted by atomic mass is 10.3. The minimum atomic E-state index is -0.163. The summed E-state index contributed by atoms with van der Waals surface area (Å²) in [5.74, 6) is 5.97. The van der Waals surface area contributed by atoms with Crippen molar-refractivity contribution in [2.75, 3.05) is 0 Å². The first-order chi connectivity index (χ1) is 6.15. The van der Waals surface area contributed by atoms with Crippen LogP contribution in [0.4, 0.5) is 0 Å². The highest BCUT2D eigenvalue weighted by Gasteiger charge is 2.09. The molecule has 1 rings (SSSR count). The van der Waals surface area contributed by atoms with E-state index in [-0.39, 0.29) is 12.0 Å². The summed E-state index contributed by atoms with van der Waals surface area (Å²) in [7, 11) is 1.84. The van der Waals surface area contributed by atoms with E-state index in [1.807, 2.05) is 14.0 Å². The van der Waals surface area contributed by atoms with E-state index < -0.39 is 0 Å². The zero-order valence-corrected chi connectivity index (χ0v) is 7.60. The van der Waals surface area contributed by atoms with Gasteiger partial charge in [0, 0.05) is 7.05 Å². The van der Waals surface area contributed by atoms with E-state index in [0.717, 1.165) is 5.82 Å². The molecule has 0 radical (unpaired) electrons. The summed E-state index contributed by atoms with van der Waals surface area (Å²) >= 11 is 0. The number of hydrogen-bond donors (Lipinski definition) is 3. The van der Waals surface area contributed by atoms with E-state index in [4.69, 9.17) is 11.6 Å². The van der Waals surface area contributed by atoms with Gasteiger partial charge in [-0.25, -0.2) is 10.8 Å². The minimum Gasteiger partial charge on any atom is -0.369 e. The van der Waals surface area contributed by atoms with Crippen molar-refractivity contribution in [3.8, 4) is 0 Å². The second-order valence-corrected chi connectivity index (χ2v) is 2.63. The summed E-state index contributed by atoms with van der Waals surface area (Å²) < 4.78 is 1.78. The number of guanidine groups is 1. The number of aliphatic imine (C=N–C) groups is 1. The molecule has 0 bridgehead atoms. The average molecular weight is 183 g/mol. The number of aromatic nitrogens is 3. The van der Waals surface area contributed by atoms with Gasteiger partial charge in [0.2, 0.25) is 5.96 Å². The third kappa shape index (κ3) is 2.15. The minimum absolute atomic E-state index is 0.163. The molecule has 7 nitrogen and oxygen atoms in total. The third-order valence-corrected chi connectivity index (χ3v) is 1.60. The van der Waals surface area contributed by atoms with Crippen molar-refractivity contribution in [3.63, 3.8) is 0 Å². The van der Waals surface area contributed by atoms with Gasteiger partial charge in [0.1, 0.15) is 12.4 Å². The number of nitrogens with one attached hydrogen (secondary N) is 1. The molecule has 72 valence electrons. The molecule has 1 atom stereocenters. The molecule has 1 aromatic rings. The zero-order valence-electron chi connectivity index (χ0n) is 7.60. The van der Waals surface area contributed by atoms with E-state index in [1.165, 1.54) is 0 Å². The molecule has 0 aliphatic carbocycles. The summed E-state index contributed by atoms with van der Waals surface area (Å²) in [6, 6.07) is -0.163. The lowest BCUT2D eigenvalue weighted by molar-refractivity contribution is 0.680. The molecule has 0 spiro atoms. The van der Waals surface area contributed by atoms with E-state index in [9.17, 15) is 0 Å². The van der Waals surface area contributed by atoms with Crippen LogP contribution in [0.15, 0.2) is 11.3 Å². The highest BCUT2D eigenvalue weighted by Crippen LogP contribution is 2.11. The largest absolute Gasteiger partial charge is 0.369 e. The van der Waals surface area contributed by atoms with Crippen molar-refractivity contribution in [3.05, 3.63) is 12.2 Å². The van der Waals surface area contributed by atoms with E-state index in [2.05, 4.69) is 20.6 Å². The van der Waals surface area contributed by atoms with Crippen molar-refractivity contribution in [1.82, 2.24) is 20.2 Å². The molecule has 0 fully saturated rings. The van der Waals surface area contributed by atoms with Crippen LogP contribution in [0.5, 0.6) is 0 Å². The Morgan fingerprint density at radius 3 is 2.92 bits per heavy atom. The highest BCUT2D eigenvalue weighted by atomic mass is 15.3. The molecular weight excluding hydrogens is 170 g/mol. The van der Waals surface area contributed by atoms with Gasteiger partial charge in [0.05, 0.1) is 0 Å². The standard InChI is InChI=1S/C6H13N7/c1-4(10-6(7)11-8)5-12-9-3-13(5)2/h3-4H,8H2,1-2H3,(H3,7,10,11). The molecular formula is C6H13N7. The monoisotopic (exact) mass is 183 g/mol. The second-order valence-electron chi connectivity index (χ2n) is 2.63. The maximum Gasteiger partial charge on any atom is 0.203 e. The van der Waals surface area contributed by atoms with E-state index in [1.54, 1.807) is 10.9 Å². The van der Waals surface area contributed by atoms with Crippen molar-refractivity contribution in [2.45, 2.75) is 13.0 Å². The Morgan fingerprint density at radius 2 is 2.46 bits per heavy atom. The Balaban J connectivity index is 2.80. The maximum atomic E-state index is 5.39. The topological polar surface area (TPSA) is 107 Å². The van der Waals surface area contributed by atoms with Gasteiger partial charge in [-0.15, -0.1) is 10.2 Å². The molecule has 0 saturated carbocycles. The first-order valence-electron chi connectivity index (χ1n) is 3.79. The molecule has 1 aromatic heterocycles. The number of hydrogen-bond acceptors (Lipinski definition) is 4. The van der Waals surface area contributed by atoms with E-state index in [0.29, 0.717) is 0 Å². The summed E-state index contributed by atoms with van der Waals surface area (Å²) in [4.78, 5) is 4.03. The molecule has 0 saturated heterocycles. The summed E-state index contributed by atoms with van der Waals surface area (Å²) in [5.41, 5.74) is 7.63. The second kappa shape index (κ2) is 3.85. The van der Waals surface area contributed by atoms with E-state index >= 15 is 0 Å². The van der Waals surface area contributed by atoms with Crippen LogP contribution in [0.3, 0.4) is 0 Å². The van der Waals surface area contributed by atoms with Crippen LogP contribution < -0.4 is 17.0 Å². The van der Waals surface area contributed by atoms with Gasteiger partial charge in [0.25, 0.3) is 0 Å². The Morgan fingerprint density at radius 1 is 1.77 bits per heavy atom. The van der Waals surface area contributed by atoms with Gasteiger partial charge in [0.15, 0.2) is 5.82 Å². The van der Waals surface area contributed by atoms with Gasteiger partial charge in [-0.05, 0) is 6.92 Å². The maximum absolute atomic E-state index is 5.39. The predicted octanol–water partition coefficient (Wildman–Crippen LogP) is -1.35. The van der Waals surface area contributed by atoms with Gasteiger partial charge < -0.3 is 10.3 Å². The van der Waals surface area contributed by atoms with Crippen LogP contribution in [0, 0.1) is 0 Å². The van der Waals surface area contributed by atoms with Gasteiger partial charge in [-0.3, -0.25) is 5.43 Å².